The molecular weight excluding hydrogens is 344 g/mol. The van der Waals surface area contributed by atoms with Crippen LogP contribution in [0.1, 0.15) is 29.1 Å². The fourth-order valence-electron chi connectivity index (χ4n) is 4.36. The highest BCUT2D eigenvalue weighted by Gasteiger charge is 2.38. The second kappa shape index (κ2) is 8.13. The predicted molar refractivity (Wildman–Crippen MR) is 104 cm³/mol. The number of ether oxygens (including phenoxy) is 1. The van der Waals surface area contributed by atoms with Crippen LogP contribution in [-0.2, 0) is 17.8 Å². The molecule has 0 aromatic carbocycles. The lowest BCUT2D eigenvalue weighted by atomic mass is 9.80. The molecule has 2 aliphatic heterocycles. The highest BCUT2D eigenvalue weighted by atomic mass is 32.1. The number of aromatic nitrogens is 2. The Kier molecular flexibility index (Phi) is 5.64. The summed E-state index contributed by atoms with van der Waals surface area (Å²) in [7, 11) is 0. The average molecular weight is 373 g/mol. The number of aryl methyl sites for hydroxylation is 1. The zero-order valence-corrected chi connectivity index (χ0v) is 16.4. The SMILES string of the molecule is Cc1nc(CN2CCOCC3(CCCN(Cc4ccncc4)C3)C2)cs1. The summed E-state index contributed by atoms with van der Waals surface area (Å²) in [5.41, 5.74) is 2.79. The van der Waals surface area contributed by atoms with Crippen LogP contribution in [0.3, 0.4) is 0 Å². The third kappa shape index (κ3) is 4.49. The van der Waals surface area contributed by atoms with E-state index in [0.717, 1.165) is 50.9 Å². The number of hydrogen-bond donors (Lipinski definition) is 0. The first kappa shape index (κ1) is 18.0. The minimum atomic E-state index is 0.243. The minimum Gasteiger partial charge on any atom is -0.379 e. The molecule has 2 aromatic rings. The molecule has 2 fully saturated rings. The second-order valence-corrected chi connectivity index (χ2v) is 8.85. The number of nitrogens with zero attached hydrogens (tertiary/aromatic N) is 4. The quantitative estimate of drug-likeness (QED) is 0.825. The molecule has 140 valence electrons. The normalized spacial score (nSPS) is 25.4. The van der Waals surface area contributed by atoms with E-state index in [2.05, 4.69) is 44.2 Å². The molecule has 2 aromatic heterocycles. The lowest BCUT2D eigenvalue weighted by Crippen LogP contribution is -2.50. The maximum atomic E-state index is 6.06. The van der Waals surface area contributed by atoms with Gasteiger partial charge in [0, 0.05) is 55.9 Å². The van der Waals surface area contributed by atoms with Crippen LogP contribution in [0.5, 0.6) is 0 Å². The zero-order valence-electron chi connectivity index (χ0n) is 15.6. The van der Waals surface area contributed by atoms with Crippen molar-refractivity contribution >= 4 is 11.3 Å². The van der Waals surface area contributed by atoms with Gasteiger partial charge in [0.25, 0.3) is 0 Å². The van der Waals surface area contributed by atoms with Crippen LogP contribution in [0.25, 0.3) is 0 Å². The molecule has 0 saturated carbocycles. The third-order valence-electron chi connectivity index (χ3n) is 5.47. The van der Waals surface area contributed by atoms with Gasteiger partial charge in [-0.25, -0.2) is 4.98 Å². The largest absolute Gasteiger partial charge is 0.379 e. The summed E-state index contributed by atoms with van der Waals surface area (Å²) >= 11 is 1.74. The molecule has 1 atom stereocenters. The van der Waals surface area contributed by atoms with Gasteiger partial charge in [0.05, 0.1) is 23.9 Å². The van der Waals surface area contributed by atoms with Crippen molar-refractivity contribution in [2.45, 2.75) is 32.9 Å². The average Bonchev–Trinajstić information content (AvgIpc) is 2.94. The van der Waals surface area contributed by atoms with Gasteiger partial charge in [-0.1, -0.05) is 0 Å². The molecule has 26 heavy (non-hydrogen) atoms. The molecule has 0 amide bonds. The first-order chi connectivity index (χ1) is 12.7. The van der Waals surface area contributed by atoms with Crippen molar-refractivity contribution in [3.05, 3.63) is 46.2 Å². The number of likely N-dealkylation sites (tertiary alicyclic amines) is 1. The monoisotopic (exact) mass is 372 g/mol. The molecule has 1 unspecified atom stereocenters. The first-order valence-electron chi connectivity index (χ1n) is 9.53. The Balaban J connectivity index is 1.43. The molecule has 6 heteroatoms. The van der Waals surface area contributed by atoms with Gasteiger partial charge in [0.1, 0.15) is 0 Å². The van der Waals surface area contributed by atoms with E-state index in [1.165, 1.54) is 30.6 Å². The first-order valence-corrected chi connectivity index (χ1v) is 10.4. The van der Waals surface area contributed by atoms with Gasteiger partial charge in [-0.2, -0.15) is 0 Å². The lowest BCUT2D eigenvalue weighted by Gasteiger charge is -2.43. The molecule has 0 N–H and O–H groups in total. The van der Waals surface area contributed by atoms with E-state index in [9.17, 15) is 0 Å². The Bertz CT molecular complexity index is 707. The summed E-state index contributed by atoms with van der Waals surface area (Å²) < 4.78 is 6.06. The van der Waals surface area contributed by atoms with Crippen LogP contribution < -0.4 is 0 Å². The van der Waals surface area contributed by atoms with E-state index in [-0.39, 0.29) is 5.41 Å². The standard InChI is InChI=1S/C20H28N4OS/c1-17-22-19(13-26-17)12-24-9-10-25-16-20(15-24)5-2-8-23(14-20)11-18-3-6-21-7-4-18/h3-4,6-7,13H,2,5,8-12,14-16H2,1H3. The molecule has 0 aliphatic carbocycles. The fraction of sp³-hybridized carbons (Fsp3) is 0.600. The summed E-state index contributed by atoms with van der Waals surface area (Å²) in [6.07, 6.45) is 6.29. The number of hydrogen-bond acceptors (Lipinski definition) is 6. The van der Waals surface area contributed by atoms with Crippen LogP contribution in [0.15, 0.2) is 29.9 Å². The maximum Gasteiger partial charge on any atom is 0.0897 e. The van der Waals surface area contributed by atoms with Gasteiger partial charge in [0.15, 0.2) is 0 Å². The van der Waals surface area contributed by atoms with E-state index in [1.54, 1.807) is 11.3 Å². The van der Waals surface area contributed by atoms with Gasteiger partial charge in [0.2, 0.25) is 0 Å². The van der Waals surface area contributed by atoms with Crippen molar-refractivity contribution in [1.82, 2.24) is 19.8 Å². The molecule has 2 saturated heterocycles. The fourth-order valence-corrected chi connectivity index (χ4v) is 4.97. The van der Waals surface area contributed by atoms with Crippen LogP contribution in [0, 0.1) is 12.3 Å². The van der Waals surface area contributed by atoms with E-state index < -0.39 is 0 Å². The van der Waals surface area contributed by atoms with Crippen molar-refractivity contribution < 1.29 is 4.74 Å². The van der Waals surface area contributed by atoms with Crippen molar-refractivity contribution in [2.24, 2.45) is 5.41 Å². The highest BCUT2D eigenvalue weighted by Crippen LogP contribution is 2.34. The van der Waals surface area contributed by atoms with E-state index >= 15 is 0 Å². The highest BCUT2D eigenvalue weighted by molar-refractivity contribution is 7.09. The Labute approximate surface area is 160 Å². The van der Waals surface area contributed by atoms with E-state index in [1.807, 2.05) is 12.4 Å². The Morgan fingerprint density at radius 3 is 2.73 bits per heavy atom. The Hall–Kier alpha value is -1.34. The number of pyridine rings is 1. The molecule has 0 bridgehead atoms. The lowest BCUT2D eigenvalue weighted by molar-refractivity contribution is 0.00242. The van der Waals surface area contributed by atoms with E-state index in [4.69, 9.17) is 4.74 Å². The summed E-state index contributed by atoms with van der Waals surface area (Å²) in [6.45, 7) is 10.1. The van der Waals surface area contributed by atoms with Gasteiger partial charge in [-0.3, -0.25) is 14.8 Å². The van der Waals surface area contributed by atoms with Gasteiger partial charge in [-0.05, 0) is 44.0 Å². The summed E-state index contributed by atoms with van der Waals surface area (Å²) in [5, 5.41) is 3.35. The van der Waals surface area contributed by atoms with Crippen LogP contribution >= 0.6 is 11.3 Å². The maximum absolute atomic E-state index is 6.06. The number of thiazole rings is 1. The van der Waals surface area contributed by atoms with Crippen molar-refractivity contribution in [3.63, 3.8) is 0 Å². The molecule has 5 nitrogen and oxygen atoms in total. The van der Waals surface area contributed by atoms with Crippen LogP contribution in [0.2, 0.25) is 0 Å². The molecule has 4 heterocycles. The van der Waals surface area contributed by atoms with Crippen molar-refractivity contribution in [1.29, 1.82) is 0 Å². The predicted octanol–water partition coefficient (Wildman–Crippen LogP) is 2.96. The summed E-state index contributed by atoms with van der Waals surface area (Å²) in [5.74, 6) is 0. The Morgan fingerprint density at radius 1 is 1.15 bits per heavy atom. The molecule has 2 aliphatic rings. The molecule has 4 rings (SSSR count). The number of rotatable bonds is 4. The van der Waals surface area contributed by atoms with E-state index in [0.29, 0.717) is 0 Å². The molecule has 0 radical (unpaired) electrons. The van der Waals surface area contributed by atoms with Crippen molar-refractivity contribution in [3.8, 4) is 0 Å². The third-order valence-corrected chi connectivity index (χ3v) is 6.29. The minimum absolute atomic E-state index is 0.243. The Morgan fingerprint density at radius 2 is 1.96 bits per heavy atom. The van der Waals surface area contributed by atoms with Gasteiger partial charge in [-0.15, -0.1) is 11.3 Å². The smallest absolute Gasteiger partial charge is 0.0897 e. The zero-order chi connectivity index (χ0) is 17.8. The van der Waals surface area contributed by atoms with Gasteiger partial charge >= 0.3 is 0 Å². The van der Waals surface area contributed by atoms with Crippen LogP contribution in [-0.4, -0.2) is 59.2 Å². The molecular formula is C20H28N4OS. The molecule has 1 spiro atoms. The van der Waals surface area contributed by atoms with Gasteiger partial charge < -0.3 is 4.74 Å². The number of piperidine rings is 1. The topological polar surface area (TPSA) is 41.5 Å². The van der Waals surface area contributed by atoms with Crippen molar-refractivity contribution in [2.75, 3.05) is 39.4 Å². The summed E-state index contributed by atoms with van der Waals surface area (Å²) in [6, 6.07) is 4.25. The second-order valence-electron chi connectivity index (χ2n) is 7.79. The van der Waals surface area contributed by atoms with Crippen LogP contribution in [0.4, 0.5) is 0 Å². The summed E-state index contributed by atoms with van der Waals surface area (Å²) in [4.78, 5) is 13.9.